The highest BCUT2D eigenvalue weighted by Crippen LogP contribution is 2.63. The molecule has 2 unspecified atom stereocenters. The lowest BCUT2D eigenvalue weighted by Crippen LogP contribution is -2.63. The molecule has 2 saturated carbocycles. The summed E-state index contributed by atoms with van der Waals surface area (Å²) < 4.78 is 17.5. The van der Waals surface area contributed by atoms with Crippen LogP contribution in [0.5, 0.6) is 0 Å². The van der Waals surface area contributed by atoms with Gasteiger partial charge in [0, 0.05) is 68.9 Å². The first kappa shape index (κ1) is 30.5. The summed E-state index contributed by atoms with van der Waals surface area (Å²) in [6.45, 7) is 8.27. The van der Waals surface area contributed by atoms with Crippen LogP contribution in [0.4, 0.5) is 0 Å². The minimum Gasteiger partial charge on any atom is -0.458 e. The van der Waals surface area contributed by atoms with Crippen LogP contribution in [0.15, 0.2) is 22.9 Å². The lowest BCUT2D eigenvalue weighted by Gasteiger charge is -2.56. The predicted molar refractivity (Wildman–Crippen MR) is 156 cm³/mol. The molecular formula is C33H46N2O8. The molecule has 10 heteroatoms. The summed E-state index contributed by atoms with van der Waals surface area (Å²) in [6.07, 6.45) is 6.98. The van der Waals surface area contributed by atoms with Crippen molar-refractivity contribution in [3.63, 3.8) is 0 Å². The number of allylic oxidation sites excluding steroid dienone is 1. The molecule has 236 valence electrons. The molecule has 0 spiro atoms. The zero-order valence-corrected chi connectivity index (χ0v) is 25.9. The molecule has 7 atom stereocenters. The van der Waals surface area contributed by atoms with Gasteiger partial charge in [-0.15, -0.1) is 0 Å². The van der Waals surface area contributed by atoms with Gasteiger partial charge in [-0.1, -0.05) is 33.1 Å². The van der Waals surface area contributed by atoms with E-state index in [-0.39, 0.29) is 18.1 Å². The van der Waals surface area contributed by atoms with Crippen molar-refractivity contribution in [1.82, 2.24) is 9.80 Å². The predicted octanol–water partition coefficient (Wildman–Crippen LogP) is 2.58. The van der Waals surface area contributed by atoms with Gasteiger partial charge in [-0.05, 0) is 43.6 Å². The fraction of sp³-hybridized carbons (Fsp3) is 0.758. The largest absolute Gasteiger partial charge is 0.458 e. The van der Waals surface area contributed by atoms with Crippen molar-refractivity contribution in [2.24, 2.45) is 22.7 Å². The third kappa shape index (κ3) is 4.88. The number of fused-ring (bicyclic) bond motifs is 4. The number of hydrogen-bond acceptors (Lipinski definition) is 10. The van der Waals surface area contributed by atoms with Crippen LogP contribution in [0.2, 0.25) is 0 Å². The summed E-state index contributed by atoms with van der Waals surface area (Å²) in [4.78, 5) is 59.1. The molecule has 2 saturated heterocycles. The van der Waals surface area contributed by atoms with E-state index < -0.39 is 58.6 Å². The number of Topliss-reactive ketones (excluding diaryl/α,β-unsaturated/α-hetero) is 2. The smallest absolute Gasteiger partial charge is 0.336 e. The molecule has 2 aliphatic heterocycles. The van der Waals surface area contributed by atoms with Crippen LogP contribution in [0.3, 0.4) is 0 Å². The molecule has 1 N–H and O–H groups in total. The Labute approximate surface area is 253 Å². The third-order valence-electron chi connectivity index (χ3n) is 11.6. The van der Waals surface area contributed by atoms with Gasteiger partial charge in [0.05, 0.1) is 24.2 Å². The molecular weight excluding hydrogens is 552 g/mol. The summed E-state index contributed by atoms with van der Waals surface area (Å²) in [6, 6.07) is 0.605. The fourth-order valence-electron chi connectivity index (χ4n) is 9.36. The number of nitrogens with zero attached hydrogens (tertiary/aromatic N) is 2. The molecule has 0 aromatic carbocycles. The van der Waals surface area contributed by atoms with Crippen molar-refractivity contribution < 1.29 is 38.5 Å². The average molecular weight is 599 g/mol. The summed E-state index contributed by atoms with van der Waals surface area (Å²) in [5.74, 6) is -3.87. The van der Waals surface area contributed by atoms with E-state index >= 15 is 0 Å². The van der Waals surface area contributed by atoms with Crippen molar-refractivity contribution in [1.29, 1.82) is 0 Å². The van der Waals surface area contributed by atoms with Crippen molar-refractivity contribution in [3.8, 4) is 0 Å². The zero-order chi connectivity index (χ0) is 30.7. The van der Waals surface area contributed by atoms with E-state index in [1.54, 1.807) is 6.20 Å². The van der Waals surface area contributed by atoms with Gasteiger partial charge in [0.15, 0.2) is 0 Å². The van der Waals surface area contributed by atoms with E-state index in [4.69, 9.17) is 14.2 Å². The number of ether oxygens (including phenoxy) is 3. The number of ketones is 2. The Morgan fingerprint density at radius 1 is 1.05 bits per heavy atom. The molecule has 4 aliphatic carbocycles. The van der Waals surface area contributed by atoms with Crippen LogP contribution in [0, 0.1) is 22.7 Å². The topological polar surface area (TPSA) is 123 Å². The third-order valence-corrected chi connectivity index (χ3v) is 11.6. The number of hydrogen-bond donors (Lipinski definition) is 1. The number of esters is 2. The molecule has 6 aliphatic rings. The first-order chi connectivity index (χ1) is 20.5. The normalized spacial score (nSPS) is 39.8. The summed E-state index contributed by atoms with van der Waals surface area (Å²) in [5.41, 5.74) is -0.838. The summed E-state index contributed by atoms with van der Waals surface area (Å²) in [5, 5.41) is 11.0. The van der Waals surface area contributed by atoms with Gasteiger partial charge < -0.3 is 24.2 Å². The number of methoxy groups -OCH3 is 1. The number of piperazine rings is 1. The Bertz CT molecular complexity index is 1250. The SMILES string of the molecule is COC[C@H]1OC(=O)/C(=C/N2CCN(C3CCCCC3)CC2)C2C(=O)C(=O)C3=C([C@H](OC(C)=O)C[C@@]4(C)C3CC[C@@H]4O)[C@]21C. The number of aliphatic hydroxyl groups is 1. The van der Waals surface area contributed by atoms with Crippen molar-refractivity contribution in [2.45, 2.75) is 96.5 Å². The van der Waals surface area contributed by atoms with Crippen LogP contribution >= 0.6 is 0 Å². The second-order valence-electron chi connectivity index (χ2n) is 14.0. The lowest BCUT2D eigenvalue weighted by molar-refractivity contribution is -0.175. The molecule has 0 amide bonds. The van der Waals surface area contributed by atoms with E-state index in [0.717, 1.165) is 13.1 Å². The quantitative estimate of drug-likeness (QED) is 0.287. The van der Waals surface area contributed by atoms with Crippen LogP contribution in [-0.2, 0) is 33.4 Å². The Hall–Kier alpha value is -2.56. The lowest BCUT2D eigenvalue weighted by atomic mass is 9.50. The van der Waals surface area contributed by atoms with E-state index in [0.29, 0.717) is 49.5 Å². The standard InChI is InChI=1S/C33H46N2O8/c1-19(36)42-23-16-32(2)22(10-11-24(32)37)26-28(23)33(3)25(18-41-4)43-31(40)21(27(33)30(39)29(26)38)17-34-12-14-35(15-13-34)20-8-6-5-7-9-20/h17,20,22-25,27,37H,5-16,18H2,1-4H3/b21-17+/t22?,23-,24+,25-,27?,32+,33+/m1/s1. The molecule has 0 radical (unpaired) electrons. The molecule has 0 aromatic rings. The Morgan fingerprint density at radius 3 is 2.40 bits per heavy atom. The molecule has 4 fully saturated rings. The Morgan fingerprint density at radius 2 is 1.74 bits per heavy atom. The van der Waals surface area contributed by atoms with Gasteiger partial charge in [0.2, 0.25) is 11.6 Å². The minimum absolute atomic E-state index is 0.0156. The Kier molecular flexibility index (Phi) is 8.09. The van der Waals surface area contributed by atoms with Gasteiger partial charge in [-0.2, -0.15) is 0 Å². The van der Waals surface area contributed by atoms with Crippen LogP contribution < -0.4 is 0 Å². The molecule has 0 bridgehead atoms. The average Bonchev–Trinajstić information content (AvgIpc) is 3.27. The number of aliphatic hydroxyl groups excluding tert-OH is 1. The number of carbonyl (C=O) groups is 4. The summed E-state index contributed by atoms with van der Waals surface area (Å²) >= 11 is 0. The van der Waals surface area contributed by atoms with Gasteiger partial charge in [-0.3, -0.25) is 19.3 Å². The van der Waals surface area contributed by atoms with E-state index in [1.165, 1.54) is 46.1 Å². The van der Waals surface area contributed by atoms with Gasteiger partial charge in [0.25, 0.3) is 0 Å². The highest BCUT2D eigenvalue weighted by molar-refractivity contribution is 6.47. The van der Waals surface area contributed by atoms with Crippen molar-refractivity contribution >= 4 is 23.5 Å². The maximum absolute atomic E-state index is 14.3. The molecule has 0 aromatic heterocycles. The zero-order valence-electron chi connectivity index (χ0n) is 25.9. The monoisotopic (exact) mass is 598 g/mol. The first-order valence-corrected chi connectivity index (χ1v) is 16.1. The highest BCUT2D eigenvalue weighted by Gasteiger charge is 2.67. The van der Waals surface area contributed by atoms with Gasteiger partial charge in [-0.25, -0.2) is 4.79 Å². The molecule has 10 nitrogen and oxygen atoms in total. The highest BCUT2D eigenvalue weighted by atomic mass is 16.6. The Balaban J connectivity index is 1.41. The van der Waals surface area contributed by atoms with E-state index in [1.807, 2.05) is 13.8 Å². The fourth-order valence-corrected chi connectivity index (χ4v) is 9.36. The molecule has 2 heterocycles. The maximum atomic E-state index is 14.3. The number of rotatable bonds is 5. The summed E-state index contributed by atoms with van der Waals surface area (Å²) in [7, 11) is 1.50. The maximum Gasteiger partial charge on any atom is 0.336 e. The van der Waals surface area contributed by atoms with Crippen molar-refractivity contribution in [3.05, 3.63) is 22.9 Å². The number of cyclic esters (lactones) is 1. The second kappa shape index (κ2) is 11.4. The molecule has 6 rings (SSSR count). The van der Waals surface area contributed by atoms with Crippen molar-refractivity contribution in [2.75, 3.05) is 39.9 Å². The number of carbonyl (C=O) groups excluding carboxylic acids is 4. The first-order valence-electron chi connectivity index (χ1n) is 16.1. The van der Waals surface area contributed by atoms with Crippen LogP contribution in [-0.4, -0.2) is 103 Å². The van der Waals surface area contributed by atoms with Gasteiger partial charge in [0.1, 0.15) is 12.2 Å². The van der Waals surface area contributed by atoms with Gasteiger partial charge >= 0.3 is 11.9 Å². The minimum atomic E-state index is -1.17. The van der Waals surface area contributed by atoms with E-state index in [2.05, 4.69) is 9.80 Å². The van der Waals surface area contributed by atoms with Crippen LogP contribution in [0.25, 0.3) is 0 Å². The second-order valence-corrected chi connectivity index (χ2v) is 14.0. The van der Waals surface area contributed by atoms with E-state index in [9.17, 15) is 24.3 Å². The molecule has 43 heavy (non-hydrogen) atoms. The van der Waals surface area contributed by atoms with Crippen LogP contribution in [0.1, 0.15) is 72.1 Å².